The molecule has 0 saturated carbocycles. The number of nitrogens with zero attached hydrogens (tertiary/aromatic N) is 2. The van der Waals surface area contributed by atoms with E-state index in [1.54, 1.807) is 0 Å². The molecule has 2 N–H and O–H groups in total. The fraction of sp³-hybridized carbons (Fsp3) is 0.500. The second kappa shape index (κ2) is 10.4. The number of aliphatic hydroxyl groups excluding tert-OH is 1. The summed E-state index contributed by atoms with van der Waals surface area (Å²) >= 11 is 0. The number of ether oxygens (including phenoxy) is 1. The summed E-state index contributed by atoms with van der Waals surface area (Å²) in [6.45, 7) is 3.65. The third kappa shape index (κ3) is 5.68. The van der Waals surface area contributed by atoms with Gasteiger partial charge in [0.05, 0.1) is 18.1 Å². The first-order valence-electron chi connectivity index (χ1n) is 12.8. The number of hydrogen-bond acceptors (Lipinski definition) is 5. The molecular weight excluding hydrogens is 442 g/mol. The Labute approximate surface area is 207 Å². The third-order valence-electron chi connectivity index (χ3n) is 7.75. The highest BCUT2D eigenvalue weighted by Crippen LogP contribution is 2.37. The van der Waals surface area contributed by atoms with Gasteiger partial charge in [-0.25, -0.2) is 0 Å². The van der Waals surface area contributed by atoms with Gasteiger partial charge in [-0.2, -0.15) is 0 Å². The Morgan fingerprint density at radius 1 is 1.00 bits per heavy atom. The molecular formula is C28H35N3O4. The van der Waals surface area contributed by atoms with Crippen molar-refractivity contribution in [3.05, 3.63) is 59.7 Å². The Morgan fingerprint density at radius 2 is 1.66 bits per heavy atom. The van der Waals surface area contributed by atoms with Crippen molar-refractivity contribution < 1.29 is 19.4 Å². The summed E-state index contributed by atoms with van der Waals surface area (Å²) in [6.07, 6.45) is 3.86. The van der Waals surface area contributed by atoms with Crippen LogP contribution in [0.3, 0.4) is 0 Å². The number of aliphatic hydroxyl groups is 1. The van der Waals surface area contributed by atoms with Gasteiger partial charge in [0.1, 0.15) is 11.5 Å². The number of likely N-dealkylation sites (tertiary alicyclic amines) is 2. The van der Waals surface area contributed by atoms with Crippen LogP contribution in [0.4, 0.5) is 0 Å². The predicted octanol–water partition coefficient (Wildman–Crippen LogP) is 2.76. The molecule has 7 heteroatoms. The normalized spacial score (nSPS) is 21.3. The molecule has 0 radical (unpaired) electrons. The molecule has 2 fully saturated rings. The average molecular weight is 478 g/mol. The fourth-order valence-corrected chi connectivity index (χ4v) is 5.56. The fourth-order valence-electron chi connectivity index (χ4n) is 5.56. The van der Waals surface area contributed by atoms with Crippen LogP contribution in [0.2, 0.25) is 0 Å². The lowest BCUT2D eigenvalue weighted by atomic mass is 9.72. The first-order chi connectivity index (χ1) is 17.0. The average Bonchev–Trinajstić information content (AvgIpc) is 2.86. The first-order valence-corrected chi connectivity index (χ1v) is 12.8. The van der Waals surface area contributed by atoms with Gasteiger partial charge in [-0.1, -0.05) is 24.3 Å². The standard InChI is InChI=1S/C28H35N3O4/c32-23-8-13-30(14-9-23)20-26(33)31-15-10-28(11-16-31)19-22-4-2-6-25(18-22)35-24-5-1-3-21(17-24)7-12-29-27(28)34/h1-6,17-18,23,32H,7-16,19-20H2,(H,29,34). The van der Waals surface area contributed by atoms with Crippen LogP contribution >= 0.6 is 0 Å². The number of hydrogen-bond donors (Lipinski definition) is 2. The lowest BCUT2D eigenvalue weighted by Gasteiger charge is -2.41. The maximum Gasteiger partial charge on any atom is 0.236 e. The zero-order valence-electron chi connectivity index (χ0n) is 20.2. The van der Waals surface area contributed by atoms with Gasteiger partial charge >= 0.3 is 0 Å². The largest absolute Gasteiger partial charge is 0.457 e. The lowest BCUT2D eigenvalue weighted by molar-refractivity contribution is -0.141. The molecule has 35 heavy (non-hydrogen) atoms. The molecule has 2 aromatic carbocycles. The molecule has 2 saturated heterocycles. The van der Waals surface area contributed by atoms with Crippen molar-refractivity contribution in [3.63, 3.8) is 0 Å². The maximum atomic E-state index is 13.6. The highest BCUT2D eigenvalue weighted by Gasteiger charge is 2.42. The molecule has 186 valence electrons. The van der Waals surface area contributed by atoms with Gasteiger partial charge in [-0.05, 0) is 73.9 Å². The van der Waals surface area contributed by atoms with Crippen molar-refractivity contribution in [2.75, 3.05) is 39.3 Å². The van der Waals surface area contributed by atoms with E-state index >= 15 is 0 Å². The highest BCUT2D eigenvalue weighted by atomic mass is 16.5. The van der Waals surface area contributed by atoms with Crippen molar-refractivity contribution in [1.82, 2.24) is 15.1 Å². The number of amides is 2. The highest BCUT2D eigenvalue weighted by molar-refractivity contribution is 5.84. The summed E-state index contributed by atoms with van der Waals surface area (Å²) in [5.41, 5.74) is 1.65. The number of nitrogens with one attached hydrogen (secondary N) is 1. The Kier molecular flexibility index (Phi) is 7.07. The van der Waals surface area contributed by atoms with Gasteiger partial charge in [-0.15, -0.1) is 0 Å². The van der Waals surface area contributed by atoms with Crippen molar-refractivity contribution in [2.24, 2.45) is 5.41 Å². The van der Waals surface area contributed by atoms with Gasteiger partial charge in [-0.3, -0.25) is 14.5 Å². The molecule has 3 aliphatic rings. The van der Waals surface area contributed by atoms with E-state index < -0.39 is 5.41 Å². The van der Waals surface area contributed by atoms with Crippen LogP contribution in [-0.2, 0) is 22.4 Å². The Bertz CT molecular complexity index is 1060. The van der Waals surface area contributed by atoms with Gasteiger partial charge in [0, 0.05) is 32.7 Å². The second-order valence-electron chi connectivity index (χ2n) is 10.2. The van der Waals surface area contributed by atoms with Gasteiger partial charge in [0.15, 0.2) is 0 Å². The summed E-state index contributed by atoms with van der Waals surface area (Å²) in [6, 6.07) is 16.0. The molecule has 3 aliphatic heterocycles. The van der Waals surface area contributed by atoms with Crippen LogP contribution in [0, 0.1) is 5.41 Å². The summed E-state index contributed by atoms with van der Waals surface area (Å²) < 4.78 is 6.12. The second-order valence-corrected chi connectivity index (χ2v) is 10.2. The van der Waals surface area contributed by atoms with E-state index in [0.717, 1.165) is 55.0 Å². The van der Waals surface area contributed by atoms with Gasteiger partial charge in [0.2, 0.25) is 11.8 Å². The molecule has 2 amide bonds. The quantitative estimate of drug-likeness (QED) is 0.695. The number of rotatable bonds is 2. The predicted molar refractivity (Wildman–Crippen MR) is 133 cm³/mol. The number of carbonyl (C=O) groups is 2. The van der Waals surface area contributed by atoms with E-state index in [0.29, 0.717) is 45.4 Å². The Hall–Kier alpha value is -2.90. The SMILES string of the molecule is O=C(CN1CCC(O)CC1)N1CCC2(CC1)Cc1cccc(c1)Oc1cccc(c1)CCNC2=O. The summed E-state index contributed by atoms with van der Waals surface area (Å²) in [7, 11) is 0. The molecule has 2 aromatic rings. The minimum atomic E-state index is -0.544. The first kappa shape index (κ1) is 23.8. The summed E-state index contributed by atoms with van der Waals surface area (Å²) in [4.78, 5) is 30.6. The molecule has 0 aliphatic carbocycles. The third-order valence-corrected chi connectivity index (χ3v) is 7.75. The lowest BCUT2D eigenvalue weighted by Crippen LogP contribution is -2.53. The molecule has 0 unspecified atom stereocenters. The molecule has 7 nitrogen and oxygen atoms in total. The zero-order chi connectivity index (χ0) is 24.3. The van der Waals surface area contributed by atoms with E-state index in [9.17, 15) is 14.7 Å². The Balaban J connectivity index is 1.30. The van der Waals surface area contributed by atoms with Crippen molar-refractivity contribution in [2.45, 2.75) is 44.6 Å². The minimum Gasteiger partial charge on any atom is -0.457 e. The number of carbonyl (C=O) groups excluding carboxylic acids is 2. The van der Waals surface area contributed by atoms with Crippen molar-refractivity contribution in [1.29, 1.82) is 0 Å². The topological polar surface area (TPSA) is 82.1 Å². The molecule has 4 bridgehead atoms. The smallest absolute Gasteiger partial charge is 0.236 e. The molecule has 1 spiro atoms. The Morgan fingerprint density at radius 3 is 2.37 bits per heavy atom. The molecule has 3 heterocycles. The van der Waals surface area contributed by atoms with Crippen molar-refractivity contribution in [3.8, 4) is 11.5 Å². The van der Waals surface area contributed by atoms with Crippen molar-refractivity contribution >= 4 is 11.8 Å². The van der Waals surface area contributed by atoms with Gasteiger partial charge in [0.25, 0.3) is 0 Å². The molecule has 0 aromatic heterocycles. The van der Waals surface area contributed by atoms with Crippen LogP contribution in [0.1, 0.15) is 36.8 Å². The van der Waals surface area contributed by atoms with Crippen LogP contribution < -0.4 is 10.1 Å². The van der Waals surface area contributed by atoms with E-state index in [1.165, 1.54) is 0 Å². The summed E-state index contributed by atoms with van der Waals surface area (Å²) in [5, 5.41) is 12.9. The molecule has 0 atom stereocenters. The monoisotopic (exact) mass is 477 g/mol. The number of benzene rings is 2. The number of fused-ring (bicyclic) bond motifs is 4. The molecule has 5 rings (SSSR count). The van der Waals surface area contributed by atoms with Crippen LogP contribution in [-0.4, -0.2) is 72.1 Å². The minimum absolute atomic E-state index is 0.0799. The van der Waals surface area contributed by atoms with E-state index in [2.05, 4.69) is 22.3 Å². The van der Waals surface area contributed by atoms with E-state index in [-0.39, 0.29) is 17.9 Å². The van der Waals surface area contributed by atoms with Crippen LogP contribution in [0.25, 0.3) is 0 Å². The number of piperidine rings is 2. The van der Waals surface area contributed by atoms with Crippen LogP contribution in [0.15, 0.2) is 48.5 Å². The van der Waals surface area contributed by atoms with Crippen LogP contribution in [0.5, 0.6) is 11.5 Å². The maximum absolute atomic E-state index is 13.6. The van der Waals surface area contributed by atoms with E-state index in [1.807, 2.05) is 41.3 Å². The zero-order valence-corrected chi connectivity index (χ0v) is 20.2. The van der Waals surface area contributed by atoms with Gasteiger partial charge < -0.3 is 20.1 Å². The van der Waals surface area contributed by atoms with E-state index in [4.69, 9.17) is 4.74 Å². The summed E-state index contributed by atoms with van der Waals surface area (Å²) in [5.74, 6) is 1.77.